The molecule has 0 aromatic heterocycles. The molecule has 1 saturated heterocycles. The lowest BCUT2D eigenvalue weighted by molar-refractivity contribution is -0.121. The van der Waals surface area contributed by atoms with Gasteiger partial charge in [-0.15, -0.1) is 0 Å². The molecule has 9 heteroatoms. The average Bonchev–Trinajstić information content (AvgIpc) is 3.19. The molecule has 2 heterocycles. The van der Waals surface area contributed by atoms with E-state index >= 15 is 0 Å². The standard InChI is InChI=1S/C31H33N3O5S/c1-21(2)28(34-30(36)26-10-6-7-11-27(26)31(34)37)29(35)32-24-12-14-25(15-13-24)40(38,39)33-18-16-23(17-19-33)20-22-8-4-3-5-9-22/h3-15,21,23,28H,16-20H2,1-2H3,(H,32,35)/t28-/m0/s1. The Bertz CT molecular complexity index is 1480. The highest BCUT2D eigenvalue weighted by atomic mass is 32.2. The molecule has 40 heavy (non-hydrogen) atoms. The fraction of sp³-hybridized carbons (Fsp3) is 0.323. The first kappa shape index (κ1) is 27.7. The summed E-state index contributed by atoms with van der Waals surface area (Å²) in [6.07, 6.45) is 2.55. The second kappa shape index (κ2) is 11.3. The van der Waals surface area contributed by atoms with Crippen molar-refractivity contribution < 1.29 is 22.8 Å². The van der Waals surface area contributed by atoms with E-state index in [1.807, 2.05) is 18.2 Å². The summed E-state index contributed by atoms with van der Waals surface area (Å²) in [6.45, 7) is 4.47. The van der Waals surface area contributed by atoms with Crippen LogP contribution in [-0.2, 0) is 21.2 Å². The smallest absolute Gasteiger partial charge is 0.262 e. The molecule has 3 aromatic carbocycles. The van der Waals surface area contributed by atoms with Gasteiger partial charge in [-0.3, -0.25) is 19.3 Å². The first-order chi connectivity index (χ1) is 19.2. The van der Waals surface area contributed by atoms with E-state index in [-0.39, 0.29) is 21.9 Å². The number of anilines is 1. The Hall–Kier alpha value is -3.82. The van der Waals surface area contributed by atoms with Crippen molar-refractivity contribution in [2.24, 2.45) is 11.8 Å². The van der Waals surface area contributed by atoms with Gasteiger partial charge in [-0.25, -0.2) is 8.42 Å². The van der Waals surface area contributed by atoms with E-state index in [9.17, 15) is 22.8 Å². The first-order valence-electron chi connectivity index (χ1n) is 13.6. The highest BCUT2D eigenvalue weighted by Gasteiger charge is 2.44. The lowest BCUT2D eigenvalue weighted by atomic mass is 9.91. The van der Waals surface area contributed by atoms with Crippen molar-refractivity contribution in [1.29, 1.82) is 0 Å². The third kappa shape index (κ3) is 5.44. The van der Waals surface area contributed by atoms with Crippen molar-refractivity contribution in [2.45, 2.75) is 44.0 Å². The highest BCUT2D eigenvalue weighted by Crippen LogP contribution is 2.29. The molecular weight excluding hydrogens is 526 g/mol. The van der Waals surface area contributed by atoms with Gasteiger partial charge in [0.2, 0.25) is 15.9 Å². The average molecular weight is 560 g/mol. The molecule has 2 aliphatic heterocycles. The van der Waals surface area contributed by atoms with Crippen molar-refractivity contribution in [3.05, 3.63) is 95.6 Å². The summed E-state index contributed by atoms with van der Waals surface area (Å²) in [5, 5.41) is 2.76. The number of fused-ring (bicyclic) bond motifs is 1. The van der Waals surface area contributed by atoms with E-state index in [2.05, 4.69) is 17.4 Å². The molecule has 3 aromatic rings. The number of sulfonamides is 1. The van der Waals surface area contributed by atoms with E-state index in [1.165, 1.54) is 34.1 Å². The van der Waals surface area contributed by atoms with E-state index in [4.69, 9.17) is 0 Å². The Labute approximate surface area is 235 Å². The van der Waals surface area contributed by atoms with Gasteiger partial charge in [0.1, 0.15) is 6.04 Å². The molecule has 0 unspecified atom stereocenters. The molecule has 1 fully saturated rings. The number of nitrogens with one attached hydrogen (secondary N) is 1. The molecule has 1 N–H and O–H groups in total. The fourth-order valence-corrected chi connectivity index (χ4v) is 7.03. The van der Waals surface area contributed by atoms with E-state index in [1.54, 1.807) is 38.1 Å². The summed E-state index contributed by atoms with van der Waals surface area (Å²) < 4.78 is 28.1. The largest absolute Gasteiger partial charge is 0.324 e. The van der Waals surface area contributed by atoms with Crippen molar-refractivity contribution in [3.63, 3.8) is 0 Å². The molecule has 0 bridgehead atoms. The molecule has 3 amide bonds. The quantitative estimate of drug-likeness (QED) is 0.407. The van der Waals surface area contributed by atoms with E-state index in [0.717, 1.165) is 24.2 Å². The van der Waals surface area contributed by atoms with Crippen LogP contribution in [0.4, 0.5) is 5.69 Å². The monoisotopic (exact) mass is 559 g/mol. The van der Waals surface area contributed by atoms with Crippen LogP contribution in [0.25, 0.3) is 0 Å². The van der Waals surface area contributed by atoms with Crippen molar-refractivity contribution in [3.8, 4) is 0 Å². The first-order valence-corrected chi connectivity index (χ1v) is 15.0. The lowest BCUT2D eigenvalue weighted by Gasteiger charge is -2.31. The van der Waals surface area contributed by atoms with Crippen molar-refractivity contribution in [2.75, 3.05) is 18.4 Å². The molecule has 5 rings (SSSR count). The summed E-state index contributed by atoms with van der Waals surface area (Å²) in [7, 11) is -3.67. The Balaban J connectivity index is 1.23. The van der Waals surface area contributed by atoms with Gasteiger partial charge in [-0.2, -0.15) is 4.31 Å². The van der Waals surface area contributed by atoms with Crippen LogP contribution in [-0.4, -0.2) is 54.5 Å². The summed E-state index contributed by atoms with van der Waals surface area (Å²) in [5.41, 5.74) is 2.21. The summed E-state index contributed by atoms with van der Waals surface area (Å²) >= 11 is 0. The van der Waals surface area contributed by atoms with Gasteiger partial charge >= 0.3 is 0 Å². The lowest BCUT2D eigenvalue weighted by Crippen LogP contribution is -2.50. The van der Waals surface area contributed by atoms with Crippen LogP contribution in [0.1, 0.15) is 53.0 Å². The van der Waals surface area contributed by atoms with Crippen LogP contribution in [0.2, 0.25) is 0 Å². The predicted octanol–water partition coefficient (Wildman–Crippen LogP) is 4.59. The third-order valence-electron chi connectivity index (χ3n) is 7.70. The van der Waals surface area contributed by atoms with Crippen LogP contribution >= 0.6 is 0 Å². The number of benzene rings is 3. The van der Waals surface area contributed by atoms with Crippen molar-refractivity contribution >= 4 is 33.4 Å². The number of amides is 3. The molecule has 2 aliphatic rings. The van der Waals surface area contributed by atoms with Crippen LogP contribution in [0.5, 0.6) is 0 Å². The molecule has 0 aliphatic carbocycles. The second-order valence-corrected chi connectivity index (χ2v) is 12.7. The minimum atomic E-state index is -3.67. The van der Waals surface area contributed by atoms with E-state index < -0.39 is 33.8 Å². The molecule has 8 nitrogen and oxygen atoms in total. The molecule has 208 valence electrons. The number of carbonyl (C=O) groups is 3. The van der Waals surface area contributed by atoms with Gasteiger partial charge in [0.25, 0.3) is 11.8 Å². The zero-order chi connectivity index (χ0) is 28.4. The minimum absolute atomic E-state index is 0.160. The van der Waals surface area contributed by atoms with Crippen LogP contribution in [0.3, 0.4) is 0 Å². The molecule has 0 radical (unpaired) electrons. The number of imide groups is 1. The summed E-state index contributed by atoms with van der Waals surface area (Å²) in [5.74, 6) is -1.40. The van der Waals surface area contributed by atoms with Crippen LogP contribution < -0.4 is 5.32 Å². The molecule has 0 saturated carbocycles. The van der Waals surface area contributed by atoms with Gasteiger partial charge in [0.15, 0.2) is 0 Å². The SMILES string of the molecule is CC(C)[C@@H](C(=O)Nc1ccc(S(=O)(=O)N2CCC(Cc3ccccc3)CC2)cc1)N1C(=O)c2ccccc2C1=O. The van der Waals surface area contributed by atoms with Crippen LogP contribution in [0.15, 0.2) is 83.8 Å². The Morgan fingerprint density at radius 1 is 0.850 bits per heavy atom. The minimum Gasteiger partial charge on any atom is -0.324 e. The van der Waals surface area contributed by atoms with E-state index in [0.29, 0.717) is 24.7 Å². The fourth-order valence-electron chi connectivity index (χ4n) is 5.56. The van der Waals surface area contributed by atoms with Gasteiger partial charge < -0.3 is 5.32 Å². The maximum Gasteiger partial charge on any atom is 0.262 e. The Morgan fingerprint density at radius 2 is 1.40 bits per heavy atom. The number of hydrogen-bond acceptors (Lipinski definition) is 5. The number of carbonyl (C=O) groups excluding carboxylic acids is 3. The van der Waals surface area contributed by atoms with Gasteiger partial charge in [0.05, 0.1) is 16.0 Å². The molecule has 1 atom stereocenters. The topological polar surface area (TPSA) is 104 Å². The van der Waals surface area contributed by atoms with Gasteiger partial charge in [0, 0.05) is 18.8 Å². The maximum absolute atomic E-state index is 13.3. The zero-order valence-electron chi connectivity index (χ0n) is 22.6. The summed E-state index contributed by atoms with van der Waals surface area (Å²) in [4.78, 5) is 40.4. The number of rotatable bonds is 8. The predicted molar refractivity (Wildman–Crippen MR) is 152 cm³/mol. The number of piperidine rings is 1. The van der Waals surface area contributed by atoms with Crippen molar-refractivity contribution in [1.82, 2.24) is 9.21 Å². The second-order valence-electron chi connectivity index (χ2n) is 10.8. The maximum atomic E-state index is 13.3. The van der Waals surface area contributed by atoms with Gasteiger partial charge in [-0.1, -0.05) is 56.3 Å². The normalized spacial score (nSPS) is 17.2. The highest BCUT2D eigenvalue weighted by molar-refractivity contribution is 7.89. The Morgan fingerprint density at radius 3 is 1.95 bits per heavy atom. The number of nitrogens with zero attached hydrogens (tertiary/aromatic N) is 2. The Kier molecular flexibility index (Phi) is 7.87. The zero-order valence-corrected chi connectivity index (χ0v) is 23.4. The van der Waals surface area contributed by atoms with Gasteiger partial charge in [-0.05, 0) is 73.1 Å². The molecular formula is C31H33N3O5S. The third-order valence-corrected chi connectivity index (χ3v) is 9.62. The van der Waals surface area contributed by atoms with Crippen LogP contribution in [0, 0.1) is 11.8 Å². The molecule has 0 spiro atoms. The summed E-state index contributed by atoms with van der Waals surface area (Å²) in [6, 6.07) is 21.8. The number of hydrogen-bond donors (Lipinski definition) is 1.